The first kappa shape index (κ1) is 13.5. The van der Waals surface area contributed by atoms with Gasteiger partial charge in [0.15, 0.2) is 0 Å². The van der Waals surface area contributed by atoms with Gasteiger partial charge in [-0.1, -0.05) is 11.6 Å². The van der Waals surface area contributed by atoms with Crippen LogP contribution in [0.5, 0.6) is 0 Å². The lowest BCUT2D eigenvalue weighted by atomic mass is 10.2. The van der Waals surface area contributed by atoms with E-state index in [9.17, 15) is 0 Å². The smallest absolute Gasteiger partial charge is 0.107 e. The lowest BCUT2D eigenvalue weighted by molar-refractivity contribution is 0.185. The third-order valence-electron chi connectivity index (χ3n) is 2.08. The molecule has 0 fully saturated rings. The Morgan fingerprint density at radius 1 is 1.67 bits per heavy atom. The van der Waals surface area contributed by atoms with Gasteiger partial charge in [-0.3, -0.25) is 0 Å². The molecule has 0 bridgehead atoms. The van der Waals surface area contributed by atoms with E-state index < -0.39 is 0 Å². The molecule has 1 N–H and O–H groups in total. The monoisotopic (exact) mass is 311 g/mol. The molecule has 0 spiro atoms. The Labute approximate surface area is 108 Å². The average Bonchev–Trinajstić information content (AvgIpc) is 2.52. The van der Waals surface area contributed by atoms with Crippen molar-refractivity contribution >= 4 is 38.9 Å². The molecule has 1 atom stereocenters. The fourth-order valence-electron chi connectivity index (χ4n) is 1.15. The molecule has 1 rings (SSSR count). The van der Waals surface area contributed by atoms with Crippen LogP contribution in [-0.4, -0.2) is 19.8 Å². The normalized spacial score (nSPS) is 13.1. The van der Waals surface area contributed by atoms with Crippen LogP contribution >= 0.6 is 38.9 Å². The fraction of sp³-hybridized carbons (Fsp3) is 0.600. The van der Waals surface area contributed by atoms with Gasteiger partial charge in [-0.2, -0.15) is 0 Å². The highest BCUT2D eigenvalue weighted by atomic mass is 79.9. The largest absolute Gasteiger partial charge is 0.385 e. The summed E-state index contributed by atoms with van der Waals surface area (Å²) in [5.74, 6) is 0. The molecule has 0 aromatic carbocycles. The van der Waals surface area contributed by atoms with Gasteiger partial charge in [-0.05, 0) is 35.3 Å². The first-order valence-corrected chi connectivity index (χ1v) is 6.78. The molecule has 86 valence electrons. The van der Waals surface area contributed by atoms with E-state index in [1.54, 1.807) is 18.4 Å². The molecule has 0 radical (unpaired) electrons. The number of ether oxygens (including phenoxy) is 1. The first-order chi connectivity index (χ1) is 7.13. The molecule has 0 saturated carbocycles. The van der Waals surface area contributed by atoms with Crippen LogP contribution in [0.4, 0.5) is 0 Å². The van der Waals surface area contributed by atoms with Crippen molar-refractivity contribution in [1.29, 1.82) is 0 Å². The van der Waals surface area contributed by atoms with Crippen molar-refractivity contribution in [3.8, 4) is 0 Å². The number of thiophene rings is 1. The molecule has 0 aliphatic carbocycles. The van der Waals surface area contributed by atoms with Crippen LogP contribution in [-0.2, 0) is 11.3 Å². The molecule has 2 nitrogen and oxygen atoms in total. The minimum Gasteiger partial charge on any atom is -0.385 e. The zero-order valence-electron chi connectivity index (χ0n) is 8.85. The van der Waals surface area contributed by atoms with Crippen LogP contribution in [0.2, 0.25) is 4.34 Å². The van der Waals surface area contributed by atoms with Crippen LogP contribution in [0.25, 0.3) is 0 Å². The number of nitrogens with one attached hydrogen (secondary N) is 1. The molecule has 1 aromatic rings. The molecule has 0 saturated heterocycles. The number of hydrogen-bond donors (Lipinski definition) is 1. The fourth-order valence-corrected chi connectivity index (χ4v) is 2.89. The van der Waals surface area contributed by atoms with Gasteiger partial charge >= 0.3 is 0 Å². The number of rotatable bonds is 6. The summed E-state index contributed by atoms with van der Waals surface area (Å²) in [5, 5.41) is 3.43. The van der Waals surface area contributed by atoms with Gasteiger partial charge in [0.2, 0.25) is 0 Å². The molecule has 5 heteroatoms. The van der Waals surface area contributed by atoms with Crippen molar-refractivity contribution in [2.45, 2.75) is 25.9 Å². The maximum Gasteiger partial charge on any atom is 0.107 e. The molecule has 15 heavy (non-hydrogen) atoms. The van der Waals surface area contributed by atoms with E-state index in [0.29, 0.717) is 6.04 Å². The Kier molecular flexibility index (Phi) is 6.16. The van der Waals surface area contributed by atoms with Crippen LogP contribution in [0.3, 0.4) is 0 Å². The van der Waals surface area contributed by atoms with Crippen LogP contribution in [0.1, 0.15) is 18.2 Å². The van der Waals surface area contributed by atoms with Crippen LogP contribution in [0, 0.1) is 0 Å². The summed E-state index contributed by atoms with van der Waals surface area (Å²) in [6.07, 6.45) is 1.02. The topological polar surface area (TPSA) is 21.3 Å². The highest BCUT2D eigenvalue weighted by Crippen LogP contribution is 2.31. The Balaban J connectivity index is 2.30. The van der Waals surface area contributed by atoms with Crippen molar-refractivity contribution in [3.63, 3.8) is 0 Å². The second-order valence-corrected chi connectivity index (χ2v) is 5.99. The molecule has 1 unspecified atom stereocenters. The SMILES string of the molecule is COCCC(C)NCc1cc(Br)c(Cl)s1. The van der Waals surface area contributed by atoms with Crippen molar-refractivity contribution < 1.29 is 4.74 Å². The second kappa shape index (κ2) is 6.86. The standard InChI is InChI=1S/C10H15BrClNOS/c1-7(3-4-14-2)13-6-8-5-9(11)10(12)15-8/h5,7,13H,3-4,6H2,1-2H3. The van der Waals surface area contributed by atoms with Crippen LogP contribution in [0.15, 0.2) is 10.5 Å². The molecule has 1 heterocycles. The molecule has 0 aliphatic rings. The Bertz CT molecular complexity index is 286. The molecular weight excluding hydrogens is 298 g/mol. The summed E-state index contributed by atoms with van der Waals surface area (Å²) in [5.41, 5.74) is 0. The van der Waals surface area contributed by atoms with E-state index in [2.05, 4.69) is 34.2 Å². The van der Waals surface area contributed by atoms with E-state index in [1.807, 2.05) is 0 Å². The predicted molar refractivity (Wildman–Crippen MR) is 69.8 cm³/mol. The van der Waals surface area contributed by atoms with E-state index in [0.717, 1.165) is 28.4 Å². The Morgan fingerprint density at radius 3 is 2.93 bits per heavy atom. The summed E-state index contributed by atoms with van der Waals surface area (Å²) < 4.78 is 6.82. The van der Waals surface area contributed by atoms with Gasteiger partial charge < -0.3 is 10.1 Å². The minimum atomic E-state index is 0.463. The number of hydrogen-bond acceptors (Lipinski definition) is 3. The number of methoxy groups -OCH3 is 1. The summed E-state index contributed by atoms with van der Waals surface area (Å²) >= 11 is 11.0. The highest BCUT2D eigenvalue weighted by Gasteiger charge is 2.06. The van der Waals surface area contributed by atoms with Gasteiger partial charge in [-0.25, -0.2) is 0 Å². The highest BCUT2D eigenvalue weighted by molar-refractivity contribution is 9.10. The quantitative estimate of drug-likeness (QED) is 0.865. The average molecular weight is 313 g/mol. The van der Waals surface area contributed by atoms with Gasteiger partial charge in [0.25, 0.3) is 0 Å². The van der Waals surface area contributed by atoms with Crippen LogP contribution < -0.4 is 5.32 Å². The van der Waals surface area contributed by atoms with Crippen molar-refractivity contribution in [2.75, 3.05) is 13.7 Å². The molecule has 0 aliphatic heterocycles. The van der Waals surface area contributed by atoms with Gasteiger partial charge in [0, 0.05) is 35.7 Å². The maximum absolute atomic E-state index is 5.95. The van der Waals surface area contributed by atoms with Crippen molar-refractivity contribution in [2.24, 2.45) is 0 Å². The van der Waals surface area contributed by atoms with E-state index in [1.165, 1.54) is 4.88 Å². The zero-order valence-corrected chi connectivity index (χ0v) is 12.0. The lowest BCUT2D eigenvalue weighted by Crippen LogP contribution is -2.26. The summed E-state index contributed by atoms with van der Waals surface area (Å²) in [4.78, 5) is 1.25. The van der Waals surface area contributed by atoms with Crippen molar-refractivity contribution in [1.82, 2.24) is 5.32 Å². The Hall–Kier alpha value is 0.390. The summed E-state index contributed by atoms with van der Waals surface area (Å²) in [7, 11) is 1.73. The van der Waals surface area contributed by atoms with E-state index in [4.69, 9.17) is 16.3 Å². The molecular formula is C10H15BrClNOS. The summed E-state index contributed by atoms with van der Waals surface area (Å²) in [6.45, 7) is 3.81. The Morgan fingerprint density at radius 2 is 2.40 bits per heavy atom. The van der Waals surface area contributed by atoms with Gasteiger partial charge in [0.1, 0.15) is 4.34 Å². The minimum absolute atomic E-state index is 0.463. The van der Waals surface area contributed by atoms with Gasteiger partial charge in [-0.15, -0.1) is 11.3 Å². The second-order valence-electron chi connectivity index (χ2n) is 3.40. The first-order valence-electron chi connectivity index (χ1n) is 4.79. The molecule has 0 amide bonds. The third kappa shape index (κ3) is 4.83. The lowest BCUT2D eigenvalue weighted by Gasteiger charge is -2.11. The van der Waals surface area contributed by atoms with E-state index >= 15 is 0 Å². The third-order valence-corrected chi connectivity index (χ3v) is 4.55. The van der Waals surface area contributed by atoms with Crippen molar-refractivity contribution in [3.05, 3.63) is 19.8 Å². The number of halogens is 2. The predicted octanol–water partition coefficient (Wildman–Crippen LogP) is 3.68. The molecule has 1 aromatic heterocycles. The zero-order chi connectivity index (χ0) is 11.3. The van der Waals surface area contributed by atoms with Gasteiger partial charge in [0.05, 0.1) is 0 Å². The summed E-state index contributed by atoms with van der Waals surface area (Å²) in [6, 6.07) is 2.52. The van der Waals surface area contributed by atoms with E-state index in [-0.39, 0.29) is 0 Å². The maximum atomic E-state index is 5.95.